The van der Waals surface area contributed by atoms with E-state index in [0.717, 1.165) is 0 Å². The first kappa shape index (κ1) is 49.5. The van der Waals surface area contributed by atoms with Gasteiger partial charge < -0.3 is 38.3 Å². The van der Waals surface area contributed by atoms with Gasteiger partial charge in [0, 0.05) is 31.2 Å². The van der Waals surface area contributed by atoms with E-state index in [-0.39, 0.29) is 91.1 Å². The third kappa shape index (κ3) is 1520. The van der Waals surface area contributed by atoms with Crippen molar-refractivity contribution >= 4 is 31.2 Å². The topological polar surface area (TPSA) is 304 Å². The van der Waals surface area contributed by atoms with E-state index < -0.39 is 31.2 Å². The number of rotatable bonds is 0. The molecule has 0 aromatic heterocycles. The van der Waals surface area contributed by atoms with Gasteiger partial charge in [-0.2, -0.15) is 0 Å². The summed E-state index contributed by atoms with van der Waals surface area (Å²) in [6, 6.07) is 0. The fourth-order valence-electron chi connectivity index (χ4n) is 0. The summed E-state index contributed by atoms with van der Waals surface area (Å²) in [5.41, 5.74) is 0. The molecule has 0 saturated carbocycles. The molecule has 0 bridgehead atoms. The van der Waals surface area contributed by atoms with Gasteiger partial charge in [0.2, 0.25) is 0 Å². The van der Waals surface area contributed by atoms with Gasteiger partial charge in [0.15, 0.2) is 0 Å². The molecule has 4 N–H and O–H groups in total. The molecule has 20 heteroatoms. The monoisotopic (exact) mass is 468 g/mol. The minimum Gasteiger partial charge on any atom is -0.759 e. The van der Waals surface area contributed by atoms with E-state index in [2.05, 4.69) is 0 Å². The quantitative estimate of drug-likeness (QED) is 0.182. The molecule has 0 fully saturated rings. The molecule has 0 aliphatic rings. The van der Waals surface area contributed by atoms with Crippen LogP contribution >= 0.6 is 0 Å². The normalized spacial score (nSPS) is 8.70. The zero-order chi connectivity index (χ0) is 13.5. The van der Waals surface area contributed by atoms with Gasteiger partial charge in [-0.1, -0.05) is 0 Å². The van der Waals surface area contributed by atoms with Crippen LogP contribution in [0.3, 0.4) is 0 Å². The maximum Gasteiger partial charge on any atom is 4.00 e. The standard InChI is InChI=1S/Mo.2Na.3H2O4S.2H2O/c;;;3*1-5(2,3)4;;/h;;;3*(H2,1,2,3,4);2*1H2/q+4;2*+1;;;;;/p-6. The Balaban J connectivity index is -0.0000000160. The van der Waals surface area contributed by atoms with Gasteiger partial charge in [0.1, 0.15) is 0 Å². The first-order chi connectivity index (χ1) is 6.00. The van der Waals surface area contributed by atoms with Crippen molar-refractivity contribution in [2.45, 2.75) is 0 Å². The van der Waals surface area contributed by atoms with Gasteiger partial charge in [-0.15, -0.1) is 0 Å². The van der Waals surface area contributed by atoms with Crippen LogP contribution in [0, 0.1) is 0 Å². The second-order valence-corrected chi connectivity index (χ2v) is 3.67. The predicted molar refractivity (Wildman–Crippen MR) is 38.7 cm³/mol. The van der Waals surface area contributed by atoms with Crippen molar-refractivity contribution in [3.05, 3.63) is 0 Å². The Hall–Kier alpha value is 2.22. The summed E-state index contributed by atoms with van der Waals surface area (Å²) in [6.45, 7) is 0. The molecule has 0 atom stereocenters. The molecule has 0 radical (unpaired) electrons. The summed E-state index contributed by atoms with van der Waals surface area (Å²) in [6.07, 6.45) is 0. The van der Waals surface area contributed by atoms with E-state index in [1.165, 1.54) is 0 Å². The summed E-state index contributed by atoms with van der Waals surface area (Å²) >= 11 is 0. The molecule has 20 heavy (non-hydrogen) atoms. The van der Waals surface area contributed by atoms with Crippen molar-refractivity contribution in [1.29, 1.82) is 0 Å². The fraction of sp³-hybridized carbons (Fsp3) is 0. The van der Waals surface area contributed by atoms with E-state index in [1.54, 1.807) is 0 Å². The van der Waals surface area contributed by atoms with E-state index in [4.69, 9.17) is 52.6 Å². The molecule has 0 amide bonds. The summed E-state index contributed by atoms with van der Waals surface area (Å²) in [5, 5.41) is 0. The molecule has 0 heterocycles. The van der Waals surface area contributed by atoms with Gasteiger partial charge in [-0.3, -0.25) is 25.3 Å². The predicted octanol–water partition coefficient (Wildman–Crippen LogP) is -11.7. The minimum atomic E-state index is -5.17. The average Bonchev–Trinajstić information content (AvgIpc) is 1.41. The van der Waals surface area contributed by atoms with Gasteiger partial charge in [0.25, 0.3) is 0 Å². The fourth-order valence-corrected chi connectivity index (χ4v) is 0. The van der Waals surface area contributed by atoms with E-state index in [1.807, 2.05) is 0 Å². The van der Waals surface area contributed by atoms with Crippen LogP contribution in [-0.4, -0.2) is 63.5 Å². The van der Waals surface area contributed by atoms with E-state index in [9.17, 15) is 0 Å². The molecule has 0 saturated heterocycles. The molecule has 0 spiro atoms. The van der Waals surface area contributed by atoms with Gasteiger partial charge >= 0.3 is 80.2 Å². The third-order valence-corrected chi connectivity index (χ3v) is 0. The zero-order valence-electron chi connectivity index (χ0n) is 9.53. The maximum atomic E-state index is 8.52. The smallest absolute Gasteiger partial charge is 0.759 e. The molecule has 0 aliphatic carbocycles. The summed E-state index contributed by atoms with van der Waals surface area (Å²) in [7, 11) is -15.5. The molecule has 0 aromatic carbocycles. The Kier molecular flexibility index (Phi) is 52.5. The van der Waals surface area contributed by atoms with Crippen LogP contribution < -0.4 is 59.1 Å². The minimum absolute atomic E-state index is 0. The molecule has 0 aromatic rings. The summed E-state index contributed by atoms with van der Waals surface area (Å²) in [4.78, 5) is 0. The third-order valence-electron chi connectivity index (χ3n) is 0. The van der Waals surface area contributed by atoms with Crippen LogP contribution in [0.4, 0.5) is 0 Å². The molecule has 0 rings (SSSR count). The van der Waals surface area contributed by atoms with Crippen molar-refractivity contribution in [2.75, 3.05) is 0 Å². The van der Waals surface area contributed by atoms with Crippen molar-refractivity contribution in [3.63, 3.8) is 0 Å². The van der Waals surface area contributed by atoms with Gasteiger partial charge in [-0.05, 0) is 0 Å². The molecule has 0 unspecified atom stereocenters. The Bertz CT molecular complexity index is 347. The summed E-state index contributed by atoms with van der Waals surface area (Å²) < 4.78 is 102. The largest absolute Gasteiger partial charge is 4.00 e. The van der Waals surface area contributed by atoms with Crippen LogP contribution in [0.1, 0.15) is 0 Å². The molecule has 0 aliphatic heterocycles. The Labute approximate surface area is 172 Å². The van der Waals surface area contributed by atoms with Crippen LogP contribution in [0.15, 0.2) is 0 Å². The van der Waals surface area contributed by atoms with Gasteiger partial charge in [-0.25, -0.2) is 0 Å². The first-order valence-corrected chi connectivity index (χ1v) is 6.00. The average molecular weight is 466 g/mol. The van der Waals surface area contributed by atoms with E-state index in [0.29, 0.717) is 0 Å². The van der Waals surface area contributed by atoms with Gasteiger partial charge in [0.05, 0.1) is 0 Å². The van der Waals surface area contributed by atoms with Crippen LogP contribution in [-0.2, 0) is 52.3 Å². The Morgan fingerprint density at radius 1 is 0.450 bits per heavy atom. The van der Waals surface area contributed by atoms with Crippen molar-refractivity contribution in [1.82, 2.24) is 0 Å². The molecular formula is H4MoNa2O14S3. The molecule has 114 valence electrons. The van der Waals surface area contributed by atoms with E-state index >= 15 is 0 Å². The maximum absolute atomic E-state index is 8.52. The molecular weight excluding hydrogens is 462 g/mol. The van der Waals surface area contributed by atoms with Crippen LogP contribution in [0.5, 0.6) is 0 Å². The van der Waals surface area contributed by atoms with Crippen molar-refractivity contribution < 1.29 is 144 Å². The summed E-state index contributed by atoms with van der Waals surface area (Å²) in [5.74, 6) is 0. The van der Waals surface area contributed by atoms with Crippen molar-refractivity contribution in [3.8, 4) is 0 Å². The number of hydrogen-bond donors (Lipinski definition) is 0. The Morgan fingerprint density at radius 2 is 0.450 bits per heavy atom. The first-order valence-electron chi connectivity index (χ1n) is 2.00. The van der Waals surface area contributed by atoms with Crippen molar-refractivity contribution in [2.24, 2.45) is 0 Å². The van der Waals surface area contributed by atoms with Crippen LogP contribution in [0.2, 0.25) is 0 Å². The zero-order valence-corrected chi connectivity index (χ0v) is 18.0. The Morgan fingerprint density at radius 3 is 0.450 bits per heavy atom. The second-order valence-electron chi connectivity index (χ2n) is 1.22. The second kappa shape index (κ2) is 21.2. The molecule has 14 nitrogen and oxygen atoms in total. The number of hydrogen-bond acceptors (Lipinski definition) is 12. The SMILES string of the molecule is O.O.O=S(=O)([O-])[O-].O=S(=O)([O-])[O-].O=S(=O)([O-])[O-].[Mo+4].[Na+].[Na+]. The van der Waals surface area contributed by atoms with Crippen LogP contribution in [0.25, 0.3) is 0 Å².